The summed E-state index contributed by atoms with van der Waals surface area (Å²) in [6, 6.07) is 80.1. The Kier molecular flexibility index (Phi) is 8.37. The van der Waals surface area contributed by atoms with Gasteiger partial charge in [0.05, 0.1) is 5.41 Å². The first-order valence-corrected chi connectivity index (χ1v) is 20.1. The SMILES string of the molecule is c1ccc(-c2ccc(-c3nc(-c4ccccc4)nc(-c4cccc(-c5cc6ccccc6c6c5-c5ccccc5C6(c5ccccc5)c5ccccc5)c4)n3)cc2)cc1. The average molecular weight is 752 g/mol. The van der Waals surface area contributed by atoms with Crippen LogP contribution in [0.25, 0.3) is 78.3 Å². The molecular weight excluding hydrogens is 715 g/mol. The third kappa shape index (κ3) is 5.78. The van der Waals surface area contributed by atoms with Gasteiger partial charge in [-0.05, 0) is 78.5 Å². The first kappa shape index (κ1) is 34.5. The summed E-state index contributed by atoms with van der Waals surface area (Å²) < 4.78 is 0. The van der Waals surface area contributed by atoms with Crippen molar-refractivity contribution in [1.82, 2.24) is 15.0 Å². The second-order valence-corrected chi connectivity index (χ2v) is 15.1. The lowest BCUT2D eigenvalue weighted by Crippen LogP contribution is -2.28. The van der Waals surface area contributed by atoms with E-state index in [9.17, 15) is 0 Å². The highest BCUT2D eigenvalue weighted by molar-refractivity contribution is 6.07. The molecule has 1 aliphatic carbocycles. The van der Waals surface area contributed by atoms with Crippen LogP contribution in [0.15, 0.2) is 224 Å². The zero-order valence-electron chi connectivity index (χ0n) is 32.2. The number of nitrogens with zero attached hydrogens (tertiary/aromatic N) is 3. The van der Waals surface area contributed by atoms with Crippen LogP contribution >= 0.6 is 0 Å². The molecular formula is C56H37N3. The van der Waals surface area contributed by atoms with Crippen molar-refractivity contribution in [3.8, 4) is 67.5 Å². The first-order chi connectivity index (χ1) is 29.3. The third-order valence-electron chi connectivity index (χ3n) is 11.8. The van der Waals surface area contributed by atoms with Crippen molar-refractivity contribution in [1.29, 1.82) is 0 Å². The lowest BCUT2D eigenvalue weighted by atomic mass is 9.66. The molecule has 0 unspecified atom stereocenters. The Hall–Kier alpha value is -7.75. The Balaban J connectivity index is 1.13. The van der Waals surface area contributed by atoms with Crippen LogP contribution in [0.2, 0.25) is 0 Å². The third-order valence-corrected chi connectivity index (χ3v) is 11.8. The van der Waals surface area contributed by atoms with Crippen LogP contribution in [0.5, 0.6) is 0 Å². The molecule has 9 aromatic carbocycles. The van der Waals surface area contributed by atoms with Crippen LogP contribution in [-0.2, 0) is 5.41 Å². The molecule has 0 amide bonds. The molecule has 11 rings (SSSR count). The maximum absolute atomic E-state index is 5.18. The standard InChI is InChI=1S/C56H37N3/c1-5-18-38(19-6-1)39-32-34-41(35-33-39)54-57-53(40-20-7-2-8-21-40)58-55(59-54)44-24-17-23-42(36-44)49-37-43-22-13-14-29-47(43)52-51(49)48-30-15-16-31-50(48)56(52,45-25-9-3-10-26-45)46-27-11-4-12-28-46/h1-37H. The van der Waals surface area contributed by atoms with E-state index in [0.29, 0.717) is 17.5 Å². The van der Waals surface area contributed by atoms with Gasteiger partial charge in [0.15, 0.2) is 17.5 Å². The van der Waals surface area contributed by atoms with E-state index in [1.807, 2.05) is 24.3 Å². The zero-order chi connectivity index (χ0) is 39.2. The maximum atomic E-state index is 5.18. The van der Waals surface area contributed by atoms with E-state index < -0.39 is 5.41 Å². The zero-order valence-corrected chi connectivity index (χ0v) is 32.2. The number of fused-ring (bicyclic) bond motifs is 5. The molecule has 0 N–H and O–H groups in total. The molecule has 3 nitrogen and oxygen atoms in total. The summed E-state index contributed by atoms with van der Waals surface area (Å²) in [6.45, 7) is 0. The van der Waals surface area contributed by atoms with Crippen molar-refractivity contribution in [3.05, 3.63) is 247 Å². The van der Waals surface area contributed by atoms with Crippen molar-refractivity contribution < 1.29 is 0 Å². The largest absolute Gasteiger partial charge is 0.208 e. The van der Waals surface area contributed by atoms with Crippen LogP contribution < -0.4 is 0 Å². The monoisotopic (exact) mass is 751 g/mol. The molecule has 10 aromatic rings. The summed E-state index contributed by atoms with van der Waals surface area (Å²) in [6.07, 6.45) is 0. The molecule has 0 bridgehead atoms. The summed E-state index contributed by atoms with van der Waals surface area (Å²) in [5.74, 6) is 1.90. The molecule has 0 radical (unpaired) electrons. The van der Waals surface area contributed by atoms with Crippen LogP contribution in [0, 0.1) is 0 Å². The van der Waals surface area contributed by atoms with E-state index in [1.165, 1.54) is 55.3 Å². The van der Waals surface area contributed by atoms with E-state index in [0.717, 1.165) is 27.8 Å². The molecule has 59 heavy (non-hydrogen) atoms. The fraction of sp³-hybridized carbons (Fsp3) is 0.0179. The molecule has 0 saturated heterocycles. The van der Waals surface area contributed by atoms with E-state index in [4.69, 9.17) is 15.0 Å². The van der Waals surface area contributed by atoms with Gasteiger partial charge >= 0.3 is 0 Å². The molecule has 1 aliphatic rings. The number of rotatable bonds is 7. The number of aromatic nitrogens is 3. The highest BCUT2D eigenvalue weighted by Gasteiger charge is 2.48. The second-order valence-electron chi connectivity index (χ2n) is 15.1. The van der Waals surface area contributed by atoms with Gasteiger partial charge in [-0.25, -0.2) is 15.0 Å². The van der Waals surface area contributed by atoms with Gasteiger partial charge in [-0.3, -0.25) is 0 Å². The van der Waals surface area contributed by atoms with E-state index >= 15 is 0 Å². The van der Waals surface area contributed by atoms with Crippen molar-refractivity contribution >= 4 is 10.8 Å². The average Bonchev–Trinajstić information content (AvgIpc) is 3.65. The fourth-order valence-corrected chi connectivity index (χ4v) is 9.17. The Morgan fingerprint density at radius 1 is 0.305 bits per heavy atom. The predicted molar refractivity (Wildman–Crippen MR) is 242 cm³/mol. The van der Waals surface area contributed by atoms with E-state index in [1.54, 1.807) is 0 Å². The van der Waals surface area contributed by atoms with Crippen molar-refractivity contribution in [2.24, 2.45) is 0 Å². The van der Waals surface area contributed by atoms with Gasteiger partial charge in [0.25, 0.3) is 0 Å². The summed E-state index contributed by atoms with van der Waals surface area (Å²) in [5, 5.41) is 2.45. The molecule has 0 saturated carbocycles. The van der Waals surface area contributed by atoms with Gasteiger partial charge in [0.1, 0.15) is 0 Å². The minimum atomic E-state index is -0.536. The summed E-state index contributed by atoms with van der Waals surface area (Å²) in [5.41, 5.74) is 14.4. The molecule has 0 aliphatic heterocycles. The number of hydrogen-bond donors (Lipinski definition) is 0. The van der Waals surface area contributed by atoms with Gasteiger partial charge in [0.2, 0.25) is 0 Å². The van der Waals surface area contributed by atoms with Crippen LogP contribution in [0.4, 0.5) is 0 Å². The Bertz CT molecular complexity index is 3080. The summed E-state index contributed by atoms with van der Waals surface area (Å²) >= 11 is 0. The summed E-state index contributed by atoms with van der Waals surface area (Å²) in [7, 11) is 0. The lowest BCUT2D eigenvalue weighted by molar-refractivity contribution is 0.775. The Morgan fingerprint density at radius 2 is 0.763 bits per heavy atom. The predicted octanol–water partition coefficient (Wildman–Crippen LogP) is 13.7. The quantitative estimate of drug-likeness (QED) is 0.163. The van der Waals surface area contributed by atoms with Crippen molar-refractivity contribution in [3.63, 3.8) is 0 Å². The minimum Gasteiger partial charge on any atom is -0.208 e. The van der Waals surface area contributed by atoms with Crippen LogP contribution in [0.1, 0.15) is 22.3 Å². The molecule has 1 heterocycles. The second kappa shape index (κ2) is 14.3. The maximum Gasteiger partial charge on any atom is 0.164 e. The van der Waals surface area contributed by atoms with Crippen LogP contribution in [-0.4, -0.2) is 15.0 Å². The molecule has 0 spiro atoms. The van der Waals surface area contributed by atoms with E-state index in [-0.39, 0.29) is 0 Å². The first-order valence-electron chi connectivity index (χ1n) is 20.1. The van der Waals surface area contributed by atoms with Crippen LogP contribution in [0.3, 0.4) is 0 Å². The molecule has 0 fully saturated rings. The van der Waals surface area contributed by atoms with Gasteiger partial charge in [0, 0.05) is 16.7 Å². The molecule has 276 valence electrons. The minimum absolute atomic E-state index is 0.536. The highest BCUT2D eigenvalue weighted by atomic mass is 15.0. The molecule has 3 heteroatoms. The van der Waals surface area contributed by atoms with Gasteiger partial charge in [-0.2, -0.15) is 0 Å². The summed E-state index contributed by atoms with van der Waals surface area (Å²) in [4.78, 5) is 15.4. The highest BCUT2D eigenvalue weighted by Crippen LogP contribution is 2.60. The Morgan fingerprint density at radius 3 is 1.42 bits per heavy atom. The number of hydrogen-bond acceptors (Lipinski definition) is 3. The van der Waals surface area contributed by atoms with Gasteiger partial charge in [-0.15, -0.1) is 0 Å². The molecule has 1 aromatic heterocycles. The van der Waals surface area contributed by atoms with Crippen molar-refractivity contribution in [2.45, 2.75) is 5.41 Å². The molecule has 0 atom stereocenters. The Labute approximate surface area is 344 Å². The topological polar surface area (TPSA) is 38.7 Å². The number of benzene rings is 9. The lowest BCUT2D eigenvalue weighted by Gasteiger charge is -2.35. The fourth-order valence-electron chi connectivity index (χ4n) is 9.17. The van der Waals surface area contributed by atoms with E-state index in [2.05, 4.69) is 200 Å². The smallest absolute Gasteiger partial charge is 0.164 e. The van der Waals surface area contributed by atoms with Gasteiger partial charge in [-0.1, -0.05) is 212 Å². The van der Waals surface area contributed by atoms with Crippen molar-refractivity contribution in [2.75, 3.05) is 0 Å². The van der Waals surface area contributed by atoms with Gasteiger partial charge < -0.3 is 0 Å². The normalized spacial score (nSPS) is 12.5.